The standard InChI is InChI=1S/C21H25N3O4/c1-27-17-9-10-18(19(13-17)28-2)23-20(25)14-22-16-7-5-15(6-8-16)21(26)24-11-3-4-12-24/h5-10,13,22H,3-4,11-12,14H2,1-2H3,(H,23,25). The van der Waals surface area contributed by atoms with E-state index in [0.717, 1.165) is 31.6 Å². The molecule has 2 aromatic rings. The molecule has 148 valence electrons. The van der Waals surface area contributed by atoms with Crippen LogP contribution in [-0.4, -0.2) is 50.6 Å². The molecule has 1 saturated heterocycles. The monoisotopic (exact) mass is 383 g/mol. The molecule has 2 aromatic carbocycles. The second-order valence-electron chi connectivity index (χ2n) is 6.54. The number of benzene rings is 2. The third-order valence-corrected chi connectivity index (χ3v) is 4.66. The van der Waals surface area contributed by atoms with Crippen molar-refractivity contribution in [3.63, 3.8) is 0 Å². The van der Waals surface area contributed by atoms with E-state index in [4.69, 9.17) is 9.47 Å². The first kappa shape index (κ1) is 19.5. The molecule has 0 saturated carbocycles. The fourth-order valence-electron chi connectivity index (χ4n) is 3.11. The molecule has 1 fully saturated rings. The quantitative estimate of drug-likeness (QED) is 0.768. The van der Waals surface area contributed by atoms with Gasteiger partial charge in [0.05, 0.1) is 26.5 Å². The smallest absolute Gasteiger partial charge is 0.253 e. The van der Waals surface area contributed by atoms with E-state index in [1.807, 2.05) is 17.0 Å². The van der Waals surface area contributed by atoms with Gasteiger partial charge in [0.2, 0.25) is 5.91 Å². The number of ether oxygens (including phenoxy) is 2. The topological polar surface area (TPSA) is 79.9 Å². The van der Waals surface area contributed by atoms with Crippen molar-refractivity contribution < 1.29 is 19.1 Å². The molecule has 3 rings (SSSR count). The number of methoxy groups -OCH3 is 2. The number of nitrogens with zero attached hydrogens (tertiary/aromatic N) is 1. The van der Waals surface area contributed by atoms with Crippen LogP contribution < -0.4 is 20.1 Å². The fourth-order valence-corrected chi connectivity index (χ4v) is 3.11. The van der Waals surface area contributed by atoms with Crippen LogP contribution in [0.5, 0.6) is 11.5 Å². The van der Waals surface area contributed by atoms with Crippen LogP contribution in [0, 0.1) is 0 Å². The molecule has 1 aliphatic rings. The van der Waals surface area contributed by atoms with Crippen LogP contribution in [0.4, 0.5) is 11.4 Å². The summed E-state index contributed by atoms with van der Waals surface area (Å²) in [4.78, 5) is 26.5. The van der Waals surface area contributed by atoms with Gasteiger partial charge >= 0.3 is 0 Å². The second-order valence-corrected chi connectivity index (χ2v) is 6.54. The number of amides is 2. The zero-order valence-corrected chi connectivity index (χ0v) is 16.2. The minimum Gasteiger partial charge on any atom is -0.497 e. The third-order valence-electron chi connectivity index (χ3n) is 4.66. The maximum atomic E-state index is 12.4. The Morgan fingerprint density at radius 3 is 2.36 bits per heavy atom. The summed E-state index contributed by atoms with van der Waals surface area (Å²) in [5, 5.41) is 5.86. The van der Waals surface area contributed by atoms with Crippen LogP contribution in [0.15, 0.2) is 42.5 Å². The van der Waals surface area contributed by atoms with Gasteiger partial charge in [0.15, 0.2) is 0 Å². The van der Waals surface area contributed by atoms with Crippen molar-refractivity contribution in [1.29, 1.82) is 0 Å². The predicted molar refractivity (Wildman–Crippen MR) is 108 cm³/mol. The normalized spacial score (nSPS) is 13.1. The summed E-state index contributed by atoms with van der Waals surface area (Å²) in [5.41, 5.74) is 2.01. The Labute approximate surface area is 164 Å². The van der Waals surface area contributed by atoms with E-state index in [2.05, 4.69) is 10.6 Å². The zero-order valence-electron chi connectivity index (χ0n) is 16.2. The number of anilines is 2. The average Bonchev–Trinajstić information content (AvgIpc) is 3.27. The molecule has 1 aliphatic heterocycles. The van der Waals surface area contributed by atoms with E-state index >= 15 is 0 Å². The van der Waals surface area contributed by atoms with Gasteiger partial charge in [-0.1, -0.05) is 0 Å². The zero-order chi connectivity index (χ0) is 19.9. The lowest BCUT2D eigenvalue weighted by Gasteiger charge is -2.15. The Morgan fingerprint density at radius 2 is 1.71 bits per heavy atom. The van der Waals surface area contributed by atoms with Gasteiger partial charge in [-0.05, 0) is 49.2 Å². The molecule has 0 atom stereocenters. The van der Waals surface area contributed by atoms with Crippen LogP contribution >= 0.6 is 0 Å². The van der Waals surface area contributed by atoms with E-state index in [1.165, 1.54) is 7.11 Å². The molecule has 0 unspecified atom stereocenters. The summed E-state index contributed by atoms with van der Waals surface area (Å²) in [5.74, 6) is 1.03. The van der Waals surface area contributed by atoms with Crippen LogP contribution in [0.3, 0.4) is 0 Å². The first-order valence-electron chi connectivity index (χ1n) is 9.26. The van der Waals surface area contributed by atoms with E-state index < -0.39 is 0 Å². The van der Waals surface area contributed by atoms with Crippen LogP contribution in [0.25, 0.3) is 0 Å². The molecular weight excluding hydrogens is 358 g/mol. The maximum absolute atomic E-state index is 12.4. The SMILES string of the molecule is COc1ccc(NC(=O)CNc2ccc(C(=O)N3CCCC3)cc2)c(OC)c1. The first-order chi connectivity index (χ1) is 13.6. The van der Waals surface area contributed by atoms with Crippen molar-refractivity contribution in [3.8, 4) is 11.5 Å². The summed E-state index contributed by atoms with van der Waals surface area (Å²) in [6.45, 7) is 1.75. The number of carbonyl (C=O) groups is 2. The molecule has 7 heteroatoms. The largest absolute Gasteiger partial charge is 0.497 e. The molecule has 2 N–H and O–H groups in total. The summed E-state index contributed by atoms with van der Waals surface area (Å²) in [7, 11) is 3.11. The van der Waals surface area contributed by atoms with Gasteiger partial charge in [0.1, 0.15) is 11.5 Å². The Morgan fingerprint density at radius 1 is 1.00 bits per heavy atom. The van der Waals surface area contributed by atoms with E-state index in [9.17, 15) is 9.59 Å². The van der Waals surface area contributed by atoms with Crippen molar-refractivity contribution in [2.24, 2.45) is 0 Å². The van der Waals surface area contributed by atoms with E-state index in [0.29, 0.717) is 22.7 Å². The average molecular weight is 383 g/mol. The number of rotatable bonds is 7. The number of carbonyl (C=O) groups excluding carboxylic acids is 2. The molecule has 0 bridgehead atoms. The Kier molecular flexibility index (Phi) is 6.37. The summed E-state index contributed by atoms with van der Waals surface area (Å²) < 4.78 is 10.4. The molecule has 0 spiro atoms. The first-order valence-corrected chi connectivity index (χ1v) is 9.26. The van der Waals surface area contributed by atoms with Gasteiger partial charge in [-0.25, -0.2) is 0 Å². The van der Waals surface area contributed by atoms with Crippen molar-refractivity contribution in [2.45, 2.75) is 12.8 Å². The number of hydrogen-bond donors (Lipinski definition) is 2. The minimum absolute atomic E-state index is 0.0633. The summed E-state index contributed by atoms with van der Waals surface area (Å²) in [6.07, 6.45) is 2.14. The Hall–Kier alpha value is -3.22. The van der Waals surface area contributed by atoms with Gasteiger partial charge in [0.25, 0.3) is 5.91 Å². The Bertz CT molecular complexity index is 830. The molecule has 2 amide bonds. The lowest BCUT2D eigenvalue weighted by Crippen LogP contribution is -2.27. The van der Waals surface area contributed by atoms with E-state index in [-0.39, 0.29) is 18.4 Å². The highest BCUT2D eigenvalue weighted by Gasteiger charge is 2.19. The summed E-state index contributed by atoms with van der Waals surface area (Å²) >= 11 is 0. The molecule has 1 heterocycles. The van der Waals surface area contributed by atoms with Gasteiger partial charge in [0, 0.05) is 30.4 Å². The highest BCUT2D eigenvalue weighted by atomic mass is 16.5. The summed E-state index contributed by atoms with van der Waals surface area (Å²) in [6, 6.07) is 12.4. The van der Waals surface area contributed by atoms with Gasteiger partial charge in [-0.15, -0.1) is 0 Å². The molecule has 28 heavy (non-hydrogen) atoms. The predicted octanol–water partition coefficient (Wildman–Crippen LogP) is 2.99. The van der Waals surface area contributed by atoms with Crippen LogP contribution in [0.2, 0.25) is 0 Å². The Balaban J connectivity index is 1.54. The highest BCUT2D eigenvalue weighted by molar-refractivity contribution is 5.96. The number of likely N-dealkylation sites (tertiary alicyclic amines) is 1. The van der Waals surface area contributed by atoms with Crippen molar-refractivity contribution in [2.75, 3.05) is 44.5 Å². The minimum atomic E-state index is -0.208. The molecule has 7 nitrogen and oxygen atoms in total. The van der Waals surface area contributed by atoms with E-state index in [1.54, 1.807) is 37.4 Å². The van der Waals surface area contributed by atoms with Gasteiger partial charge in [-0.3, -0.25) is 9.59 Å². The number of hydrogen-bond acceptors (Lipinski definition) is 5. The lowest BCUT2D eigenvalue weighted by atomic mass is 10.2. The van der Waals surface area contributed by atoms with Crippen molar-refractivity contribution in [3.05, 3.63) is 48.0 Å². The fraction of sp³-hybridized carbons (Fsp3) is 0.333. The van der Waals surface area contributed by atoms with Gasteiger partial charge < -0.3 is 25.0 Å². The van der Waals surface area contributed by atoms with Crippen LogP contribution in [-0.2, 0) is 4.79 Å². The molecule has 0 radical (unpaired) electrons. The molecular formula is C21H25N3O4. The van der Waals surface area contributed by atoms with Crippen LogP contribution in [0.1, 0.15) is 23.2 Å². The maximum Gasteiger partial charge on any atom is 0.253 e. The number of nitrogens with one attached hydrogen (secondary N) is 2. The second kappa shape index (κ2) is 9.12. The lowest BCUT2D eigenvalue weighted by molar-refractivity contribution is -0.114. The highest BCUT2D eigenvalue weighted by Crippen LogP contribution is 2.28. The van der Waals surface area contributed by atoms with Crippen molar-refractivity contribution >= 4 is 23.2 Å². The third kappa shape index (κ3) is 4.73. The molecule has 0 aliphatic carbocycles. The van der Waals surface area contributed by atoms with Gasteiger partial charge in [-0.2, -0.15) is 0 Å². The van der Waals surface area contributed by atoms with Crippen molar-refractivity contribution in [1.82, 2.24) is 4.90 Å². The molecule has 0 aromatic heterocycles.